The van der Waals surface area contributed by atoms with Crippen molar-refractivity contribution in [2.45, 2.75) is 18.9 Å². The number of carbonyl (C=O) groups excluding carboxylic acids is 1. The van der Waals surface area contributed by atoms with E-state index in [0.29, 0.717) is 13.0 Å². The molecule has 2 rings (SSSR count). The molecule has 0 aliphatic carbocycles. The van der Waals surface area contributed by atoms with Crippen LogP contribution in [0.25, 0.3) is 0 Å². The third kappa shape index (κ3) is 2.85. The zero-order valence-electron chi connectivity index (χ0n) is 10.7. The largest absolute Gasteiger partial charge is 0.481 e. The molecule has 0 bridgehead atoms. The highest BCUT2D eigenvalue weighted by molar-refractivity contribution is 5.81. The van der Waals surface area contributed by atoms with Gasteiger partial charge in [0.2, 0.25) is 5.91 Å². The fraction of sp³-hybridized carbons (Fsp3) is 0.385. The third-order valence-corrected chi connectivity index (χ3v) is 3.25. The van der Waals surface area contributed by atoms with Crippen molar-refractivity contribution in [2.24, 2.45) is 5.73 Å². The zero-order chi connectivity index (χ0) is 14.0. The summed E-state index contributed by atoms with van der Waals surface area (Å²) in [7, 11) is 1.72. The van der Waals surface area contributed by atoms with Gasteiger partial charge in [-0.1, -0.05) is 12.1 Å². The molecular weight excluding hydrogens is 246 g/mol. The molecule has 1 aliphatic heterocycles. The minimum absolute atomic E-state index is 0.0697. The SMILES string of the molecule is CN1C(=O)CCN1c1cccc(C(N)CC(=O)O)c1. The van der Waals surface area contributed by atoms with Crippen LogP contribution in [0.2, 0.25) is 0 Å². The third-order valence-electron chi connectivity index (χ3n) is 3.25. The Morgan fingerprint density at radius 2 is 2.26 bits per heavy atom. The van der Waals surface area contributed by atoms with Gasteiger partial charge in [0.05, 0.1) is 12.1 Å². The number of aliphatic carboxylic acids is 1. The molecule has 1 aliphatic rings. The predicted molar refractivity (Wildman–Crippen MR) is 70.4 cm³/mol. The molecular formula is C13H17N3O3. The Bertz CT molecular complexity index is 504. The average Bonchev–Trinajstić information content (AvgIpc) is 2.69. The molecule has 1 saturated heterocycles. The van der Waals surface area contributed by atoms with E-state index in [1.54, 1.807) is 18.1 Å². The number of carboxylic acids is 1. The lowest BCUT2D eigenvalue weighted by Gasteiger charge is -2.26. The highest BCUT2D eigenvalue weighted by Crippen LogP contribution is 2.25. The number of benzene rings is 1. The maximum absolute atomic E-state index is 11.5. The van der Waals surface area contributed by atoms with Crippen LogP contribution in [-0.2, 0) is 9.59 Å². The van der Waals surface area contributed by atoms with Crippen LogP contribution in [0.5, 0.6) is 0 Å². The molecule has 0 spiro atoms. The summed E-state index contributed by atoms with van der Waals surface area (Å²) >= 11 is 0. The van der Waals surface area contributed by atoms with E-state index in [9.17, 15) is 9.59 Å². The maximum atomic E-state index is 11.5. The van der Waals surface area contributed by atoms with Crippen molar-refractivity contribution >= 4 is 17.6 Å². The lowest BCUT2D eigenvalue weighted by Crippen LogP contribution is -2.35. The van der Waals surface area contributed by atoms with Gasteiger partial charge < -0.3 is 10.8 Å². The minimum atomic E-state index is -0.925. The van der Waals surface area contributed by atoms with Crippen LogP contribution in [0.3, 0.4) is 0 Å². The van der Waals surface area contributed by atoms with E-state index in [2.05, 4.69) is 0 Å². The fourth-order valence-electron chi connectivity index (χ4n) is 2.17. The first-order valence-corrected chi connectivity index (χ1v) is 6.10. The van der Waals surface area contributed by atoms with Crippen molar-refractivity contribution in [1.82, 2.24) is 5.01 Å². The number of nitrogens with zero attached hydrogens (tertiary/aromatic N) is 2. The van der Waals surface area contributed by atoms with Gasteiger partial charge in [-0.05, 0) is 17.7 Å². The molecule has 3 N–H and O–H groups in total. The first kappa shape index (κ1) is 13.4. The Hall–Kier alpha value is -2.08. The van der Waals surface area contributed by atoms with Crippen LogP contribution >= 0.6 is 0 Å². The van der Waals surface area contributed by atoms with Gasteiger partial charge in [0, 0.05) is 26.1 Å². The van der Waals surface area contributed by atoms with E-state index in [-0.39, 0.29) is 12.3 Å². The van der Waals surface area contributed by atoms with Crippen molar-refractivity contribution in [1.29, 1.82) is 0 Å². The van der Waals surface area contributed by atoms with Gasteiger partial charge in [0.15, 0.2) is 0 Å². The van der Waals surface area contributed by atoms with Gasteiger partial charge in [0.1, 0.15) is 0 Å². The zero-order valence-corrected chi connectivity index (χ0v) is 10.7. The van der Waals surface area contributed by atoms with Crippen molar-refractivity contribution in [2.75, 3.05) is 18.6 Å². The number of hydrazine groups is 1. The molecule has 1 aromatic carbocycles. The van der Waals surface area contributed by atoms with E-state index >= 15 is 0 Å². The molecule has 1 atom stereocenters. The van der Waals surface area contributed by atoms with Crippen LogP contribution in [0.1, 0.15) is 24.4 Å². The van der Waals surface area contributed by atoms with Gasteiger partial charge in [0.25, 0.3) is 0 Å². The summed E-state index contributed by atoms with van der Waals surface area (Å²) in [6, 6.07) is 6.80. The van der Waals surface area contributed by atoms with Crippen molar-refractivity contribution < 1.29 is 14.7 Å². The lowest BCUT2D eigenvalue weighted by atomic mass is 10.0. The Labute approximate surface area is 111 Å². The Kier molecular flexibility index (Phi) is 3.71. The number of carbonyl (C=O) groups is 2. The quantitative estimate of drug-likeness (QED) is 0.836. The summed E-state index contributed by atoms with van der Waals surface area (Å²) in [5.41, 5.74) is 7.46. The van der Waals surface area contributed by atoms with Crippen LogP contribution in [0.4, 0.5) is 5.69 Å². The molecule has 19 heavy (non-hydrogen) atoms. The Morgan fingerprint density at radius 3 is 2.84 bits per heavy atom. The van der Waals surface area contributed by atoms with Crippen LogP contribution in [0, 0.1) is 0 Å². The number of amides is 1. The van der Waals surface area contributed by atoms with Crippen LogP contribution in [-0.4, -0.2) is 35.6 Å². The molecule has 102 valence electrons. The second-order valence-corrected chi connectivity index (χ2v) is 4.59. The van der Waals surface area contributed by atoms with Crippen LogP contribution < -0.4 is 10.7 Å². The van der Waals surface area contributed by atoms with Gasteiger partial charge >= 0.3 is 5.97 Å². The molecule has 0 saturated carbocycles. The molecule has 1 aromatic rings. The van der Waals surface area contributed by atoms with E-state index in [1.807, 2.05) is 23.2 Å². The van der Waals surface area contributed by atoms with Gasteiger partial charge in [-0.15, -0.1) is 0 Å². The number of anilines is 1. The minimum Gasteiger partial charge on any atom is -0.481 e. The summed E-state index contributed by atoms with van der Waals surface area (Å²) in [5, 5.41) is 12.2. The van der Waals surface area contributed by atoms with Gasteiger partial charge in [-0.3, -0.25) is 19.6 Å². The van der Waals surface area contributed by atoms with E-state index in [1.165, 1.54) is 0 Å². The van der Waals surface area contributed by atoms with E-state index in [0.717, 1.165) is 11.3 Å². The number of nitrogens with two attached hydrogens (primary N) is 1. The summed E-state index contributed by atoms with van der Waals surface area (Å²) in [6.07, 6.45) is 0.375. The van der Waals surface area contributed by atoms with E-state index < -0.39 is 12.0 Å². The highest BCUT2D eigenvalue weighted by atomic mass is 16.4. The molecule has 1 unspecified atom stereocenters. The van der Waals surface area contributed by atoms with E-state index in [4.69, 9.17) is 10.8 Å². The standard InChI is InChI=1S/C13H17N3O3/c1-15-12(17)5-6-16(15)10-4-2-3-9(7-10)11(14)8-13(18)19/h2-4,7,11H,5-6,8,14H2,1H3,(H,18,19). The van der Waals surface area contributed by atoms with Gasteiger partial charge in [-0.2, -0.15) is 0 Å². The first-order chi connectivity index (χ1) is 8.99. The maximum Gasteiger partial charge on any atom is 0.305 e. The summed E-state index contributed by atoms with van der Waals surface area (Å²) < 4.78 is 0. The topological polar surface area (TPSA) is 86.9 Å². The molecule has 6 heteroatoms. The molecule has 0 aromatic heterocycles. The van der Waals surface area contributed by atoms with Crippen LogP contribution in [0.15, 0.2) is 24.3 Å². The number of rotatable bonds is 4. The second kappa shape index (κ2) is 5.27. The number of hydrogen-bond donors (Lipinski definition) is 2. The van der Waals surface area contributed by atoms with Crippen molar-refractivity contribution in [3.05, 3.63) is 29.8 Å². The summed E-state index contributed by atoms with van der Waals surface area (Å²) in [5.74, 6) is -0.855. The number of carboxylic acid groups (broad SMARTS) is 1. The van der Waals surface area contributed by atoms with Gasteiger partial charge in [-0.25, -0.2) is 0 Å². The van der Waals surface area contributed by atoms with Crippen molar-refractivity contribution in [3.8, 4) is 0 Å². The normalized spacial score (nSPS) is 16.8. The first-order valence-electron chi connectivity index (χ1n) is 6.10. The monoisotopic (exact) mass is 263 g/mol. The molecule has 1 fully saturated rings. The average molecular weight is 263 g/mol. The predicted octanol–water partition coefficient (Wildman–Crippen LogP) is 0.745. The molecule has 6 nitrogen and oxygen atoms in total. The van der Waals surface area contributed by atoms with Crippen molar-refractivity contribution in [3.63, 3.8) is 0 Å². The second-order valence-electron chi connectivity index (χ2n) is 4.59. The number of hydrogen-bond acceptors (Lipinski definition) is 4. The molecule has 1 amide bonds. The lowest BCUT2D eigenvalue weighted by molar-refractivity contribution is -0.137. The highest BCUT2D eigenvalue weighted by Gasteiger charge is 2.25. The molecule has 1 heterocycles. The molecule has 0 radical (unpaired) electrons. The summed E-state index contributed by atoms with van der Waals surface area (Å²) in [4.78, 5) is 22.2. The Balaban J connectivity index is 2.20. The summed E-state index contributed by atoms with van der Waals surface area (Å²) in [6.45, 7) is 0.632. The fourth-order valence-corrected chi connectivity index (χ4v) is 2.17. The Morgan fingerprint density at radius 1 is 1.53 bits per heavy atom. The smallest absolute Gasteiger partial charge is 0.305 e.